The molecular formula is C24H28N2O4. The number of ether oxygens (including phenoxy) is 2. The van der Waals surface area contributed by atoms with E-state index in [9.17, 15) is 9.59 Å². The predicted octanol–water partition coefficient (Wildman–Crippen LogP) is 4.47. The van der Waals surface area contributed by atoms with Gasteiger partial charge >= 0.3 is 0 Å². The number of amides is 2. The third kappa shape index (κ3) is 4.48. The van der Waals surface area contributed by atoms with Crippen molar-refractivity contribution < 1.29 is 19.1 Å². The maximum atomic E-state index is 13.1. The number of rotatable bonds is 8. The number of hydrogen-bond acceptors (Lipinski definition) is 5. The fraction of sp³-hybridized carbons (Fsp3) is 0.333. The summed E-state index contributed by atoms with van der Waals surface area (Å²) in [7, 11) is 0. The number of nitrogens with one attached hydrogen (secondary N) is 1. The van der Waals surface area contributed by atoms with Crippen LogP contribution in [0.4, 0.5) is 5.69 Å². The minimum Gasteiger partial charge on any atom is -0.494 e. The molecule has 0 aliphatic carbocycles. The molecule has 2 aromatic rings. The Bertz CT molecular complexity index is 944. The summed E-state index contributed by atoms with van der Waals surface area (Å²) in [6.07, 6.45) is 0.0754. The molecule has 0 saturated carbocycles. The number of carbonyl (C=O) groups is 2. The maximum absolute atomic E-state index is 13.1. The number of nitrogens with zero attached hydrogens (tertiary/aromatic N) is 1. The van der Waals surface area contributed by atoms with E-state index >= 15 is 0 Å². The van der Waals surface area contributed by atoms with Crippen LogP contribution in [0.2, 0.25) is 0 Å². The molecular weight excluding hydrogens is 380 g/mol. The highest BCUT2D eigenvalue weighted by molar-refractivity contribution is 6.36. The number of hydrogen-bond donors (Lipinski definition) is 1. The van der Waals surface area contributed by atoms with Crippen molar-refractivity contribution in [1.29, 1.82) is 0 Å². The van der Waals surface area contributed by atoms with Crippen LogP contribution in [-0.2, 0) is 9.59 Å². The molecule has 0 aromatic heterocycles. The van der Waals surface area contributed by atoms with E-state index in [4.69, 9.17) is 9.47 Å². The average molecular weight is 408 g/mol. The van der Waals surface area contributed by atoms with Crippen LogP contribution in [0.1, 0.15) is 40.2 Å². The summed E-state index contributed by atoms with van der Waals surface area (Å²) in [5.74, 6) is 0.825. The molecule has 1 N–H and O–H groups in total. The van der Waals surface area contributed by atoms with E-state index in [-0.39, 0.29) is 29.7 Å². The molecule has 6 nitrogen and oxygen atoms in total. The summed E-state index contributed by atoms with van der Waals surface area (Å²) >= 11 is 0. The van der Waals surface area contributed by atoms with Crippen molar-refractivity contribution in [2.45, 2.75) is 46.8 Å². The molecule has 0 bridgehead atoms. The molecule has 30 heavy (non-hydrogen) atoms. The van der Waals surface area contributed by atoms with Crippen molar-refractivity contribution in [3.8, 4) is 11.5 Å². The van der Waals surface area contributed by atoms with Crippen molar-refractivity contribution in [3.05, 3.63) is 59.8 Å². The molecule has 3 rings (SSSR count). The third-order valence-corrected chi connectivity index (χ3v) is 4.58. The Morgan fingerprint density at radius 1 is 0.867 bits per heavy atom. The molecule has 1 heterocycles. The summed E-state index contributed by atoms with van der Waals surface area (Å²) in [6.45, 7) is 10.0. The predicted molar refractivity (Wildman–Crippen MR) is 117 cm³/mol. The Labute approximate surface area is 177 Å². The Balaban J connectivity index is 1.96. The first-order valence-corrected chi connectivity index (χ1v) is 10.2. The zero-order chi connectivity index (χ0) is 21.8. The van der Waals surface area contributed by atoms with Crippen LogP contribution in [0.3, 0.4) is 0 Å². The second kappa shape index (κ2) is 9.03. The van der Waals surface area contributed by atoms with Gasteiger partial charge in [0.15, 0.2) is 0 Å². The van der Waals surface area contributed by atoms with Gasteiger partial charge in [-0.05, 0) is 76.6 Å². The summed E-state index contributed by atoms with van der Waals surface area (Å²) in [4.78, 5) is 27.4. The molecule has 0 saturated heterocycles. The Morgan fingerprint density at radius 2 is 1.47 bits per heavy atom. The molecule has 158 valence electrons. The van der Waals surface area contributed by atoms with Gasteiger partial charge in [-0.2, -0.15) is 0 Å². The van der Waals surface area contributed by atoms with Crippen molar-refractivity contribution in [1.82, 2.24) is 4.90 Å². The van der Waals surface area contributed by atoms with E-state index in [1.165, 1.54) is 4.90 Å². The molecule has 6 heteroatoms. The largest absolute Gasteiger partial charge is 0.494 e. The van der Waals surface area contributed by atoms with Gasteiger partial charge in [0.25, 0.3) is 11.8 Å². The SMILES string of the molecule is CCOc1ccc(C2=C(Nc3ccc(OC(C)C)cc3)C(=O)N(C(C)C)C2=O)cc1. The van der Waals surface area contributed by atoms with Crippen LogP contribution >= 0.6 is 0 Å². The standard InChI is InChI=1S/C24H28N2O4/c1-6-29-19-11-7-17(8-12-19)21-22(24(28)26(15(2)3)23(21)27)25-18-9-13-20(14-10-18)30-16(4)5/h7-16,25H,6H2,1-5H3. The molecule has 2 amide bonds. The molecule has 0 unspecified atom stereocenters. The first-order chi connectivity index (χ1) is 14.3. The average Bonchev–Trinajstić information content (AvgIpc) is 2.94. The maximum Gasteiger partial charge on any atom is 0.278 e. The van der Waals surface area contributed by atoms with Gasteiger partial charge in [0.05, 0.1) is 18.3 Å². The quantitative estimate of drug-likeness (QED) is 0.653. The molecule has 2 aromatic carbocycles. The van der Waals surface area contributed by atoms with Gasteiger partial charge in [0.1, 0.15) is 17.2 Å². The Morgan fingerprint density at radius 3 is 2.00 bits per heavy atom. The second-order valence-electron chi connectivity index (χ2n) is 7.60. The fourth-order valence-corrected chi connectivity index (χ4v) is 3.32. The zero-order valence-electron chi connectivity index (χ0n) is 18.1. The lowest BCUT2D eigenvalue weighted by atomic mass is 10.0. The first kappa shape index (κ1) is 21.4. The van der Waals surface area contributed by atoms with Gasteiger partial charge in [-0.1, -0.05) is 12.1 Å². The normalized spacial score (nSPS) is 14.2. The monoisotopic (exact) mass is 408 g/mol. The van der Waals surface area contributed by atoms with E-state index in [2.05, 4.69) is 5.32 Å². The van der Waals surface area contributed by atoms with Gasteiger partial charge in [-0.15, -0.1) is 0 Å². The van der Waals surface area contributed by atoms with Gasteiger partial charge in [0.2, 0.25) is 0 Å². The van der Waals surface area contributed by atoms with Crippen LogP contribution in [-0.4, -0.2) is 35.5 Å². The van der Waals surface area contributed by atoms with Crippen LogP contribution in [0.5, 0.6) is 11.5 Å². The third-order valence-electron chi connectivity index (χ3n) is 4.58. The van der Waals surface area contributed by atoms with Crippen LogP contribution < -0.4 is 14.8 Å². The van der Waals surface area contributed by atoms with E-state index in [0.717, 1.165) is 11.5 Å². The van der Waals surface area contributed by atoms with Crippen LogP contribution in [0.15, 0.2) is 54.2 Å². The highest BCUT2D eigenvalue weighted by Gasteiger charge is 2.40. The van der Waals surface area contributed by atoms with Gasteiger partial charge in [0, 0.05) is 11.7 Å². The smallest absolute Gasteiger partial charge is 0.278 e. The Kier molecular flexibility index (Phi) is 6.45. The molecule has 1 aliphatic rings. The van der Waals surface area contributed by atoms with E-state index in [1.807, 2.05) is 58.9 Å². The fourth-order valence-electron chi connectivity index (χ4n) is 3.32. The molecule has 0 radical (unpaired) electrons. The lowest BCUT2D eigenvalue weighted by Gasteiger charge is -2.19. The van der Waals surface area contributed by atoms with Gasteiger partial charge in [-0.3, -0.25) is 14.5 Å². The lowest BCUT2D eigenvalue weighted by molar-refractivity contribution is -0.138. The number of benzene rings is 2. The topological polar surface area (TPSA) is 67.9 Å². The number of carbonyl (C=O) groups excluding carboxylic acids is 2. The molecule has 1 aliphatic heterocycles. The van der Waals surface area contributed by atoms with E-state index in [0.29, 0.717) is 23.4 Å². The first-order valence-electron chi connectivity index (χ1n) is 10.2. The highest BCUT2D eigenvalue weighted by atomic mass is 16.5. The zero-order valence-corrected chi connectivity index (χ0v) is 18.1. The van der Waals surface area contributed by atoms with E-state index in [1.54, 1.807) is 24.3 Å². The molecule has 0 atom stereocenters. The van der Waals surface area contributed by atoms with Crippen molar-refractivity contribution in [2.24, 2.45) is 0 Å². The minimum atomic E-state index is -0.332. The lowest BCUT2D eigenvalue weighted by Crippen LogP contribution is -2.38. The van der Waals surface area contributed by atoms with Crippen molar-refractivity contribution >= 4 is 23.1 Å². The second-order valence-corrected chi connectivity index (χ2v) is 7.60. The van der Waals surface area contributed by atoms with Gasteiger partial charge < -0.3 is 14.8 Å². The number of anilines is 1. The molecule has 0 fully saturated rings. The summed E-state index contributed by atoms with van der Waals surface area (Å²) < 4.78 is 11.2. The summed E-state index contributed by atoms with van der Waals surface area (Å²) in [5, 5.41) is 3.16. The van der Waals surface area contributed by atoms with E-state index < -0.39 is 0 Å². The summed E-state index contributed by atoms with van der Waals surface area (Å²) in [6, 6.07) is 14.3. The minimum absolute atomic E-state index is 0.0754. The Hall–Kier alpha value is -3.28. The summed E-state index contributed by atoms with van der Waals surface area (Å²) in [5.41, 5.74) is 2.01. The van der Waals surface area contributed by atoms with Gasteiger partial charge in [-0.25, -0.2) is 0 Å². The van der Waals surface area contributed by atoms with Crippen LogP contribution in [0.25, 0.3) is 5.57 Å². The molecule has 0 spiro atoms. The highest BCUT2D eigenvalue weighted by Crippen LogP contribution is 2.32. The van der Waals surface area contributed by atoms with Crippen molar-refractivity contribution in [3.63, 3.8) is 0 Å². The van der Waals surface area contributed by atoms with Crippen LogP contribution in [0, 0.1) is 0 Å². The number of imide groups is 1. The van der Waals surface area contributed by atoms with Crippen molar-refractivity contribution in [2.75, 3.05) is 11.9 Å².